The van der Waals surface area contributed by atoms with E-state index in [2.05, 4.69) is 17.1 Å². The van der Waals surface area contributed by atoms with Gasteiger partial charge in [0.1, 0.15) is 5.01 Å². The Morgan fingerprint density at radius 3 is 2.86 bits per heavy atom. The first kappa shape index (κ1) is 11.9. The van der Waals surface area contributed by atoms with Crippen LogP contribution in [-0.2, 0) is 0 Å². The molecule has 1 aromatic rings. The molecule has 3 nitrogen and oxygen atoms in total. The molecule has 1 unspecified atom stereocenters. The van der Waals surface area contributed by atoms with Gasteiger partial charge in [-0.3, -0.25) is 0 Å². The van der Waals surface area contributed by atoms with E-state index in [0.29, 0.717) is 6.04 Å². The van der Waals surface area contributed by atoms with Crippen LogP contribution in [-0.4, -0.2) is 22.0 Å². The van der Waals surface area contributed by atoms with E-state index in [9.17, 15) is 0 Å². The Labute approximate surface area is 93.5 Å². The van der Waals surface area contributed by atoms with Crippen LogP contribution >= 0.6 is 23.1 Å². The van der Waals surface area contributed by atoms with Gasteiger partial charge in [-0.05, 0) is 26.2 Å². The topological polar surface area (TPSA) is 51.8 Å². The number of thioether (sulfide) groups is 1. The lowest BCUT2D eigenvalue weighted by atomic mass is 10.1. The van der Waals surface area contributed by atoms with Crippen molar-refractivity contribution in [1.82, 2.24) is 10.2 Å². The predicted octanol–water partition coefficient (Wildman–Crippen LogP) is 2.46. The summed E-state index contributed by atoms with van der Waals surface area (Å²) in [6.07, 6.45) is 3.35. The van der Waals surface area contributed by atoms with E-state index < -0.39 is 0 Å². The average Bonchev–Trinajstić information content (AvgIpc) is 2.58. The second kappa shape index (κ2) is 6.37. The second-order valence-corrected chi connectivity index (χ2v) is 5.77. The number of rotatable bonds is 6. The van der Waals surface area contributed by atoms with E-state index in [-0.39, 0.29) is 0 Å². The summed E-state index contributed by atoms with van der Waals surface area (Å²) in [5.74, 6) is 1.10. The number of aromatic nitrogens is 2. The largest absolute Gasteiger partial charge is 0.328 e. The summed E-state index contributed by atoms with van der Waals surface area (Å²) < 4.78 is 1.08. The third-order valence-electron chi connectivity index (χ3n) is 1.98. The number of aryl methyl sites for hydroxylation is 1. The van der Waals surface area contributed by atoms with Crippen molar-refractivity contribution < 1.29 is 0 Å². The second-order valence-electron chi connectivity index (χ2n) is 3.25. The molecule has 1 aromatic heterocycles. The molecule has 80 valence electrons. The van der Waals surface area contributed by atoms with E-state index in [0.717, 1.165) is 34.4 Å². The standard InChI is InChI=1S/C9H17N3S2/c1-3-8(10)5-4-6-13-9-12-11-7(2)14-9/h8H,3-6,10H2,1-2H3. The van der Waals surface area contributed by atoms with Gasteiger partial charge in [-0.1, -0.05) is 30.0 Å². The Kier molecular flexibility index (Phi) is 5.44. The molecule has 1 atom stereocenters. The Bertz CT molecular complexity index is 262. The highest BCUT2D eigenvalue weighted by atomic mass is 32.2. The molecule has 0 radical (unpaired) electrons. The van der Waals surface area contributed by atoms with Gasteiger partial charge in [0, 0.05) is 11.8 Å². The zero-order chi connectivity index (χ0) is 10.4. The van der Waals surface area contributed by atoms with Crippen LogP contribution < -0.4 is 5.73 Å². The van der Waals surface area contributed by atoms with Crippen molar-refractivity contribution in [3.63, 3.8) is 0 Å². The maximum atomic E-state index is 5.82. The fraction of sp³-hybridized carbons (Fsp3) is 0.778. The normalized spacial score (nSPS) is 13.1. The summed E-state index contributed by atoms with van der Waals surface area (Å²) in [4.78, 5) is 0. The van der Waals surface area contributed by atoms with E-state index >= 15 is 0 Å². The molecule has 0 spiro atoms. The fourth-order valence-corrected chi connectivity index (χ4v) is 2.89. The number of hydrogen-bond donors (Lipinski definition) is 1. The van der Waals surface area contributed by atoms with Gasteiger partial charge in [-0.15, -0.1) is 10.2 Å². The van der Waals surface area contributed by atoms with Gasteiger partial charge in [0.25, 0.3) is 0 Å². The molecule has 0 aromatic carbocycles. The van der Waals surface area contributed by atoms with E-state index in [4.69, 9.17) is 5.73 Å². The molecule has 0 fully saturated rings. The minimum Gasteiger partial charge on any atom is -0.328 e. The first-order chi connectivity index (χ1) is 6.72. The molecule has 14 heavy (non-hydrogen) atoms. The highest BCUT2D eigenvalue weighted by Gasteiger charge is 2.02. The lowest BCUT2D eigenvalue weighted by Crippen LogP contribution is -2.18. The van der Waals surface area contributed by atoms with Crippen molar-refractivity contribution in [2.75, 3.05) is 5.75 Å². The Hall–Kier alpha value is -0.130. The third kappa shape index (κ3) is 4.39. The highest BCUT2D eigenvalue weighted by Crippen LogP contribution is 2.22. The first-order valence-electron chi connectivity index (χ1n) is 4.91. The van der Waals surface area contributed by atoms with Crippen LogP contribution in [0.1, 0.15) is 31.2 Å². The van der Waals surface area contributed by atoms with E-state index in [1.165, 1.54) is 0 Å². The number of nitrogens with two attached hydrogens (primary N) is 1. The molecule has 1 rings (SSSR count). The summed E-state index contributed by atoms with van der Waals surface area (Å²) in [7, 11) is 0. The van der Waals surface area contributed by atoms with Gasteiger partial charge in [-0.2, -0.15) is 0 Å². The molecule has 0 saturated carbocycles. The third-order valence-corrected chi connectivity index (χ3v) is 4.03. The van der Waals surface area contributed by atoms with Crippen LogP contribution in [0.4, 0.5) is 0 Å². The van der Waals surface area contributed by atoms with Crippen molar-refractivity contribution in [2.45, 2.75) is 43.5 Å². The molecule has 1 heterocycles. The van der Waals surface area contributed by atoms with Crippen LogP contribution in [0.3, 0.4) is 0 Å². The molecule has 0 aliphatic carbocycles. The summed E-state index contributed by atoms with van der Waals surface area (Å²) in [5.41, 5.74) is 5.82. The smallest absolute Gasteiger partial charge is 0.174 e. The predicted molar refractivity (Wildman–Crippen MR) is 62.9 cm³/mol. The van der Waals surface area contributed by atoms with Crippen LogP contribution in [0, 0.1) is 6.92 Å². The van der Waals surface area contributed by atoms with Gasteiger partial charge in [0.15, 0.2) is 4.34 Å². The van der Waals surface area contributed by atoms with Crippen molar-refractivity contribution in [3.05, 3.63) is 5.01 Å². The Balaban J connectivity index is 2.10. The fourth-order valence-electron chi connectivity index (χ4n) is 1.05. The SMILES string of the molecule is CCC(N)CCCSc1nnc(C)s1. The molecule has 5 heteroatoms. The monoisotopic (exact) mass is 231 g/mol. The summed E-state index contributed by atoms with van der Waals surface area (Å²) in [6, 6.07) is 0.367. The van der Waals surface area contributed by atoms with Gasteiger partial charge in [0.05, 0.1) is 0 Å². The summed E-state index contributed by atoms with van der Waals surface area (Å²) in [6.45, 7) is 4.11. The van der Waals surface area contributed by atoms with Gasteiger partial charge in [-0.25, -0.2) is 0 Å². The molecule has 0 bridgehead atoms. The molecular formula is C9H17N3S2. The van der Waals surface area contributed by atoms with Gasteiger partial charge >= 0.3 is 0 Å². The van der Waals surface area contributed by atoms with Crippen LogP contribution in [0.15, 0.2) is 4.34 Å². The molecule has 2 N–H and O–H groups in total. The minimum absolute atomic E-state index is 0.367. The van der Waals surface area contributed by atoms with Crippen molar-refractivity contribution >= 4 is 23.1 Å². The lowest BCUT2D eigenvalue weighted by molar-refractivity contribution is 0.589. The minimum atomic E-state index is 0.367. The zero-order valence-corrected chi connectivity index (χ0v) is 10.3. The maximum Gasteiger partial charge on any atom is 0.174 e. The molecule has 0 aliphatic heterocycles. The molecule has 0 saturated heterocycles. The van der Waals surface area contributed by atoms with Crippen molar-refractivity contribution in [3.8, 4) is 0 Å². The average molecular weight is 231 g/mol. The molecular weight excluding hydrogens is 214 g/mol. The summed E-state index contributed by atoms with van der Waals surface area (Å²) >= 11 is 3.44. The van der Waals surface area contributed by atoms with E-state index in [1.807, 2.05) is 6.92 Å². The Morgan fingerprint density at radius 1 is 1.50 bits per heavy atom. The number of hydrogen-bond acceptors (Lipinski definition) is 5. The molecule has 0 amide bonds. The van der Waals surface area contributed by atoms with E-state index in [1.54, 1.807) is 23.1 Å². The van der Waals surface area contributed by atoms with Gasteiger partial charge < -0.3 is 5.73 Å². The van der Waals surface area contributed by atoms with Crippen molar-refractivity contribution in [1.29, 1.82) is 0 Å². The summed E-state index contributed by atoms with van der Waals surface area (Å²) in [5, 5.41) is 9.06. The van der Waals surface area contributed by atoms with Crippen LogP contribution in [0.5, 0.6) is 0 Å². The molecule has 0 aliphatic rings. The lowest BCUT2D eigenvalue weighted by Gasteiger charge is -2.06. The highest BCUT2D eigenvalue weighted by molar-refractivity contribution is 8.01. The van der Waals surface area contributed by atoms with Crippen molar-refractivity contribution in [2.24, 2.45) is 5.73 Å². The Morgan fingerprint density at radius 2 is 2.29 bits per heavy atom. The maximum absolute atomic E-state index is 5.82. The van der Waals surface area contributed by atoms with Gasteiger partial charge in [0.2, 0.25) is 0 Å². The first-order valence-corrected chi connectivity index (χ1v) is 6.71. The number of nitrogens with zero attached hydrogens (tertiary/aromatic N) is 2. The quantitative estimate of drug-likeness (QED) is 0.603. The van der Waals surface area contributed by atoms with Crippen LogP contribution in [0.25, 0.3) is 0 Å². The van der Waals surface area contributed by atoms with Crippen LogP contribution in [0.2, 0.25) is 0 Å². The zero-order valence-electron chi connectivity index (χ0n) is 8.69.